The molecule has 0 aromatic heterocycles. The quantitative estimate of drug-likeness (QED) is 0.0261. The fraction of sp³-hybridized carbons (Fsp3) is 0.671. The number of hydrogen-bond donors (Lipinski definition) is 0. The topological polar surface area (TPSA) is 78.9 Å². The monoisotopic (exact) mass is 1130 g/mol. The van der Waals surface area contributed by atoms with Crippen molar-refractivity contribution in [2.24, 2.45) is 0 Å². The van der Waals surface area contributed by atoms with Crippen molar-refractivity contribution in [2.75, 3.05) is 13.2 Å². The van der Waals surface area contributed by atoms with Crippen LogP contribution in [0.15, 0.2) is 134 Å². The normalized spacial score (nSPS) is 13.0. The van der Waals surface area contributed by atoms with E-state index < -0.39 is 6.10 Å². The van der Waals surface area contributed by atoms with Gasteiger partial charge in [-0.15, -0.1) is 0 Å². The smallest absolute Gasteiger partial charge is 0.306 e. The summed E-state index contributed by atoms with van der Waals surface area (Å²) >= 11 is 0. The first-order valence-corrected chi connectivity index (χ1v) is 34.2. The van der Waals surface area contributed by atoms with E-state index in [4.69, 9.17) is 14.2 Å². The third kappa shape index (κ3) is 66.4. The van der Waals surface area contributed by atoms with E-state index in [1.807, 2.05) is 0 Å². The molecule has 0 N–H and O–H groups in total. The Morgan fingerprint density at radius 2 is 0.476 bits per heavy atom. The minimum absolute atomic E-state index is 0.0956. The van der Waals surface area contributed by atoms with E-state index in [2.05, 4.69) is 154 Å². The van der Waals surface area contributed by atoms with Crippen LogP contribution in [0, 0.1) is 0 Å². The van der Waals surface area contributed by atoms with Crippen molar-refractivity contribution in [2.45, 2.75) is 316 Å². The molecular formula is C76H126O6. The first-order valence-electron chi connectivity index (χ1n) is 34.2. The van der Waals surface area contributed by atoms with E-state index in [0.717, 1.165) is 135 Å². The predicted molar refractivity (Wildman–Crippen MR) is 357 cm³/mol. The second kappa shape index (κ2) is 69.0. The Balaban J connectivity index is 4.31. The highest BCUT2D eigenvalue weighted by Crippen LogP contribution is 2.16. The van der Waals surface area contributed by atoms with Crippen LogP contribution in [0.4, 0.5) is 0 Å². The average Bonchev–Trinajstić information content (AvgIpc) is 3.47. The minimum Gasteiger partial charge on any atom is -0.462 e. The molecule has 82 heavy (non-hydrogen) atoms. The molecule has 0 saturated heterocycles. The maximum Gasteiger partial charge on any atom is 0.306 e. The highest BCUT2D eigenvalue weighted by atomic mass is 16.6. The summed E-state index contributed by atoms with van der Waals surface area (Å²) < 4.78 is 16.9. The van der Waals surface area contributed by atoms with Gasteiger partial charge in [-0.2, -0.15) is 0 Å². The summed E-state index contributed by atoms with van der Waals surface area (Å²) in [5, 5.41) is 0. The van der Waals surface area contributed by atoms with Gasteiger partial charge in [0.25, 0.3) is 0 Å². The van der Waals surface area contributed by atoms with E-state index in [9.17, 15) is 14.4 Å². The van der Waals surface area contributed by atoms with Crippen LogP contribution in [0.1, 0.15) is 310 Å². The zero-order valence-corrected chi connectivity index (χ0v) is 53.5. The number of unbranched alkanes of at least 4 members (excludes halogenated alkanes) is 28. The number of rotatable bonds is 61. The van der Waals surface area contributed by atoms with Gasteiger partial charge >= 0.3 is 17.9 Å². The Kier molecular flexibility index (Phi) is 65.3. The molecule has 0 fully saturated rings. The Labute approximate surface area is 506 Å². The molecule has 466 valence electrons. The maximum absolute atomic E-state index is 12.9. The zero-order chi connectivity index (χ0) is 59.2. The first kappa shape index (κ1) is 77.5. The molecule has 0 aliphatic carbocycles. The largest absolute Gasteiger partial charge is 0.462 e. The zero-order valence-electron chi connectivity index (χ0n) is 53.5. The lowest BCUT2D eigenvalue weighted by atomic mass is 10.0. The summed E-state index contributed by atoms with van der Waals surface area (Å²) in [5.74, 6) is -0.930. The molecule has 0 radical (unpaired) electrons. The molecule has 0 aliphatic heterocycles. The van der Waals surface area contributed by atoms with Gasteiger partial charge in [-0.05, 0) is 135 Å². The van der Waals surface area contributed by atoms with Gasteiger partial charge in [0, 0.05) is 19.3 Å². The molecule has 0 rings (SSSR count). The number of carbonyl (C=O) groups is 3. The molecule has 0 bridgehead atoms. The molecule has 0 saturated carbocycles. The molecule has 6 nitrogen and oxygen atoms in total. The minimum atomic E-state index is -0.803. The second-order valence-electron chi connectivity index (χ2n) is 22.3. The number of hydrogen-bond acceptors (Lipinski definition) is 6. The lowest BCUT2D eigenvalue weighted by molar-refractivity contribution is -0.167. The predicted octanol–water partition coefficient (Wildman–Crippen LogP) is 23.7. The fourth-order valence-electron chi connectivity index (χ4n) is 9.32. The third-order valence-corrected chi connectivity index (χ3v) is 14.4. The summed E-state index contributed by atoms with van der Waals surface area (Å²) in [6.45, 7) is 6.39. The van der Waals surface area contributed by atoms with Crippen molar-refractivity contribution in [3.8, 4) is 0 Å². The highest BCUT2D eigenvalue weighted by Gasteiger charge is 2.19. The maximum atomic E-state index is 12.9. The van der Waals surface area contributed by atoms with Crippen LogP contribution in [0.2, 0.25) is 0 Å². The van der Waals surface area contributed by atoms with E-state index >= 15 is 0 Å². The Bertz CT molecular complexity index is 1730. The summed E-state index contributed by atoms with van der Waals surface area (Å²) in [6.07, 6.45) is 97.6. The van der Waals surface area contributed by atoms with Crippen molar-refractivity contribution in [1.29, 1.82) is 0 Å². The van der Waals surface area contributed by atoms with Crippen LogP contribution in [0.5, 0.6) is 0 Å². The van der Waals surface area contributed by atoms with Crippen LogP contribution in [0.25, 0.3) is 0 Å². The number of esters is 3. The Morgan fingerprint density at radius 3 is 0.768 bits per heavy atom. The Morgan fingerprint density at radius 1 is 0.256 bits per heavy atom. The standard InChI is InChI=1S/C76H126O6/c1-4-7-10-13-16-19-22-25-28-30-32-33-34-35-36-37-38-39-40-41-42-43-45-46-48-51-54-57-60-63-66-69-75(78)81-72-73(71-80-74(77)68-65-62-59-56-53-50-27-24-21-18-15-12-9-6-3)82-76(79)70-67-64-61-58-55-52-49-47-44-31-29-26-23-20-17-14-11-8-5-2/h7-8,10-11,16-17,19-20,24-29,32-33,35-36,44,47,52,55,73H,4-6,9,12-15,18,21-23,30-31,34,37-43,45-46,48-51,53-54,56-72H2,1-3H3/b10-7-,11-8-,19-16-,20-17-,27-24-,28-25-,29-26-,33-32-,36-35-,47-44-,55-52-. The summed E-state index contributed by atoms with van der Waals surface area (Å²) in [6, 6.07) is 0. The summed E-state index contributed by atoms with van der Waals surface area (Å²) in [5.41, 5.74) is 0. The molecular weight excluding hydrogens is 1010 g/mol. The SMILES string of the molecule is CC/C=C\C/C=C\C/C=C\C/C=C\C/C=C\CCCCCCCCCCCCCCCCCC(=O)OCC(COC(=O)CCCCCCC/C=C\CCCCCCC)OC(=O)CCCCC/C=C\C/C=C\C/C=C\C/C=C\C/C=C\CC. The molecule has 0 heterocycles. The van der Waals surface area contributed by atoms with Crippen molar-refractivity contribution in [3.63, 3.8) is 0 Å². The van der Waals surface area contributed by atoms with Crippen LogP contribution in [-0.2, 0) is 28.6 Å². The van der Waals surface area contributed by atoms with Crippen molar-refractivity contribution in [3.05, 3.63) is 134 Å². The van der Waals surface area contributed by atoms with Gasteiger partial charge in [0.15, 0.2) is 6.10 Å². The van der Waals surface area contributed by atoms with Crippen molar-refractivity contribution < 1.29 is 28.6 Å². The van der Waals surface area contributed by atoms with E-state index in [-0.39, 0.29) is 37.5 Å². The molecule has 1 atom stereocenters. The van der Waals surface area contributed by atoms with Crippen LogP contribution >= 0.6 is 0 Å². The van der Waals surface area contributed by atoms with Crippen LogP contribution in [0.3, 0.4) is 0 Å². The third-order valence-electron chi connectivity index (χ3n) is 14.4. The van der Waals surface area contributed by atoms with Gasteiger partial charge in [0.1, 0.15) is 13.2 Å². The molecule has 0 aliphatic rings. The van der Waals surface area contributed by atoms with Gasteiger partial charge in [0.2, 0.25) is 0 Å². The van der Waals surface area contributed by atoms with Gasteiger partial charge < -0.3 is 14.2 Å². The summed E-state index contributed by atoms with van der Waals surface area (Å²) in [4.78, 5) is 38.4. The average molecular weight is 1140 g/mol. The van der Waals surface area contributed by atoms with Gasteiger partial charge in [-0.25, -0.2) is 0 Å². The number of ether oxygens (including phenoxy) is 3. The Hall–Kier alpha value is -4.45. The van der Waals surface area contributed by atoms with Gasteiger partial charge in [-0.1, -0.05) is 289 Å². The lowest BCUT2D eigenvalue weighted by Gasteiger charge is -2.18. The second-order valence-corrected chi connectivity index (χ2v) is 22.3. The van der Waals surface area contributed by atoms with E-state index in [1.165, 1.54) is 135 Å². The van der Waals surface area contributed by atoms with Crippen molar-refractivity contribution in [1.82, 2.24) is 0 Å². The van der Waals surface area contributed by atoms with E-state index in [1.54, 1.807) is 0 Å². The van der Waals surface area contributed by atoms with Crippen LogP contribution < -0.4 is 0 Å². The molecule has 0 aromatic carbocycles. The van der Waals surface area contributed by atoms with Gasteiger partial charge in [-0.3, -0.25) is 14.4 Å². The molecule has 1 unspecified atom stereocenters. The molecule has 0 aromatic rings. The van der Waals surface area contributed by atoms with Gasteiger partial charge in [0.05, 0.1) is 0 Å². The highest BCUT2D eigenvalue weighted by molar-refractivity contribution is 5.71. The fourth-order valence-corrected chi connectivity index (χ4v) is 9.32. The molecule has 0 spiro atoms. The number of allylic oxidation sites excluding steroid dienone is 22. The molecule has 6 heteroatoms. The van der Waals surface area contributed by atoms with Crippen molar-refractivity contribution >= 4 is 17.9 Å². The van der Waals surface area contributed by atoms with E-state index in [0.29, 0.717) is 12.8 Å². The number of carbonyl (C=O) groups excluding carboxylic acids is 3. The van der Waals surface area contributed by atoms with Crippen LogP contribution in [-0.4, -0.2) is 37.2 Å². The lowest BCUT2D eigenvalue weighted by Crippen LogP contribution is -2.30. The summed E-state index contributed by atoms with van der Waals surface area (Å²) in [7, 11) is 0. The molecule has 0 amide bonds. The first-order chi connectivity index (χ1) is 40.5.